The number of aliphatic hydroxyl groups is 1. The molecule has 0 saturated carbocycles. The second-order valence-electron chi connectivity index (χ2n) is 3.74. The van der Waals surface area contributed by atoms with Gasteiger partial charge < -0.3 is 14.6 Å². The highest BCUT2D eigenvalue weighted by Gasteiger charge is 2.17. The fourth-order valence-electron chi connectivity index (χ4n) is 1.84. The minimum absolute atomic E-state index is 0.137. The van der Waals surface area contributed by atoms with Crippen molar-refractivity contribution in [3.05, 3.63) is 22.2 Å². The van der Waals surface area contributed by atoms with Crippen LogP contribution >= 0.6 is 11.6 Å². The van der Waals surface area contributed by atoms with Crippen LogP contribution in [0.2, 0.25) is 5.02 Å². The van der Waals surface area contributed by atoms with Crippen molar-refractivity contribution in [3.8, 4) is 11.5 Å². The molecule has 0 unspecified atom stereocenters. The average molecular weight is 259 g/mol. The Morgan fingerprint density at radius 3 is 2.47 bits per heavy atom. The molecule has 0 bridgehead atoms. The molecule has 1 aromatic carbocycles. The maximum absolute atomic E-state index is 8.92. The van der Waals surface area contributed by atoms with Gasteiger partial charge in [0.05, 0.1) is 19.2 Å². The molecule has 1 rings (SSSR count). The molecule has 0 radical (unpaired) electrons. The lowest BCUT2D eigenvalue weighted by molar-refractivity contribution is 0.287. The second kappa shape index (κ2) is 6.72. The summed E-state index contributed by atoms with van der Waals surface area (Å²) in [4.78, 5) is 0. The Morgan fingerprint density at radius 1 is 1.29 bits per heavy atom. The molecule has 0 atom stereocenters. The molecule has 0 aliphatic rings. The Morgan fingerprint density at radius 2 is 2.00 bits per heavy atom. The van der Waals surface area contributed by atoms with Crippen molar-refractivity contribution in [3.63, 3.8) is 0 Å². The lowest BCUT2D eigenvalue weighted by atomic mass is 10.0. The number of hydrogen-bond acceptors (Lipinski definition) is 3. The van der Waals surface area contributed by atoms with E-state index in [2.05, 4.69) is 0 Å². The minimum atomic E-state index is 0.137. The molecule has 0 aromatic heterocycles. The van der Waals surface area contributed by atoms with Crippen LogP contribution in [0.15, 0.2) is 6.07 Å². The highest BCUT2D eigenvalue weighted by molar-refractivity contribution is 6.32. The fraction of sp³-hybridized carbons (Fsp3) is 0.538. The highest BCUT2D eigenvalue weighted by atomic mass is 35.5. The zero-order valence-electron chi connectivity index (χ0n) is 10.5. The van der Waals surface area contributed by atoms with Gasteiger partial charge in [0.25, 0.3) is 0 Å². The van der Waals surface area contributed by atoms with E-state index in [1.54, 1.807) is 14.2 Å². The number of aliphatic hydroxyl groups excluding tert-OH is 1. The van der Waals surface area contributed by atoms with Gasteiger partial charge in [-0.05, 0) is 30.9 Å². The number of hydrogen-bond donors (Lipinski definition) is 1. The SMILES string of the molecule is CCc1cc(OC)c(OC)c(CCCO)c1Cl. The van der Waals surface area contributed by atoms with Crippen molar-refractivity contribution in [2.24, 2.45) is 0 Å². The first kappa shape index (κ1) is 14.1. The third-order valence-electron chi connectivity index (χ3n) is 2.74. The predicted octanol–water partition coefficient (Wildman–Crippen LogP) is 2.84. The first-order valence-corrected chi connectivity index (χ1v) is 6.10. The van der Waals surface area contributed by atoms with Crippen LogP contribution < -0.4 is 9.47 Å². The highest BCUT2D eigenvalue weighted by Crippen LogP contribution is 2.39. The van der Waals surface area contributed by atoms with E-state index in [1.165, 1.54) is 0 Å². The van der Waals surface area contributed by atoms with Gasteiger partial charge in [-0.15, -0.1) is 0 Å². The molecule has 0 spiro atoms. The van der Waals surface area contributed by atoms with Crippen LogP contribution in [0, 0.1) is 0 Å². The van der Waals surface area contributed by atoms with E-state index in [0.29, 0.717) is 24.3 Å². The van der Waals surface area contributed by atoms with Crippen molar-refractivity contribution in [1.82, 2.24) is 0 Å². The molecule has 0 heterocycles. The Balaban J connectivity index is 3.28. The van der Waals surface area contributed by atoms with Crippen LogP contribution in [0.3, 0.4) is 0 Å². The number of halogens is 1. The molecular formula is C13H19ClO3. The molecule has 0 saturated heterocycles. The number of aryl methyl sites for hydroxylation is 1. The van der Waals surface area contributed by atoms with E-state index in [0.717, 1.165) is 22.6 Å². The van der Waals surface area contributed by atoms with E-state index in [1.807, 2.05) is 13.0 Å². The van der Waals surface area contributed by atoms with Crippen LogP contribution in [-0.2, 0) is 12.8 Å². The van der Waals surface area contributed by atoms with Gasteiger partial charge in [-0.25, -0.2) is 0 Å². The Hall–Kier alpha value is -0.930. The number of benzene rings is 1. The molecule has 1 N–H and O–H groups in total. The summed E-state index contributed by atoms with van der Waals surface area (Å²) < 4.78 is 10.7. The molecule has 0 amide bonds. The lowest BCUT2D eigenvalue weighted by Gasteiger charge is -2.16. The summed E-state index contributed by atoms with van der Waals surface area (Å²) in [6.45, 7) is 2.18. The van der Waals surface area contributed by atoms with Gasteiger partial charge in [-0.3, -0.25) is 0 Å². The standard InChI is InChI=1S/C13H19ClO3/c1-4-9-8-11(16-2)13(17-3)10(12(9)14)6-5-7-15/h8,15H,4-7H2,1-3H3. The minimum Gasteiger partial charge on any atom is -0.493 e. The van der Waals surface area contributed by atoms with Crippen LogP contribution in [-0.4, -0.2) is 25.9 Å². The lowest BCUT2D eigenvalue weighted by Crippen LogP contribution is -2.01. The quantitative estimate of drug-likeness (QED) is 0.853. The van der Waals surface area contributed by atoms with E-state index in [4.69, 9.17) is 26.2 Å². The van der Waals surface area contributed by atoms with Gasteiger partial charge in [0.15, 0.2) is 11.5 Å². The van der Waals surface area contributed by atoms with Crippen LogP contribution in [0.4, 0.5) is 0 Å². The molecule has 1 aromatic rings. The monoisotopic (exact) mass is 258 g/mol. The molecule has 17 heavy (non-hydrogen) atoms. The van der Waals surface area contributed by atoms with Crippen molar-refractivity contribution in [2.75, 3.05) is 20.8 Å². The van der Waals surface area contributed by atoms with Crippen LogP contribution in [0.5, 0.6) is 11.5 Å². The van der Waals surface area contributed by atoms with Crippen LogP contribution in [0.1, 0.15) is 24.5 Å². The largest absolute Gasteiger partial charge is 0.493 e. The zero-order valence-corrected chi connectivity index (χ0v) is 11.3. The third kappa shape index (κ3) is 3.05. The van der Waals surface area contributed by atoms with Crippen molar-refractivity contribution < 1.29 is 14.6 Å². The van der Waals surface area contributed by atoms with Gasteiger partial charge in [0.2, 0.25) is 0 Å². The summed E-state index contributed by atoms with van der Waals surface area (Å²) in [6.07, 6.45) is 2.18. The summed E-state index contributed by atoms with van der Waals surface area (Å²) in [7, 11) is 3.21. The summed E-state index contributed by atoms with van der Waals surface area (Å²) in [5.41, 5.74) is 1.96. The zero-order chi connectivity index (χ0) is 12.8. The van der Waals surface area contributed by atoms with Crippen molar-refractivity contribution in [2.45, 2.75) is 26.2 Å². The second-order valence-corrected chi connectivity index (χ2v) is 4.12. The van der Waals surface area contributed by atoms with Crippen LogP contribution in [0.25, 0.3) is 0 Å². The first-order valence-electron chi connectivity index (χ1n) is 5.72. The number of rotatable bonds is 6. The molecule has 96 valence electrons. The van der Waals surface area contributed by atoms with Gasteiger partial charge in [0, 0.05) is 12.2 Å². The summed E-state index contributed by atoms with van der Waals surface area (Å²) in [5, 5.41) is 9.64. The molecule has 0 aliphatic heterocycles. The number of ether oxygens (including phenoxy) is 2. The van der Waals surface area contributed by atoms with E-state index in [9.17, 15) is 0 Å². The molecule has 4 heteroatoms. The maximum Gasteiger partial charge on any atom is 0.165 e. The average Bonchev–Trinajstić information content (AvgIpc) is 2.36. The smallest absolute Gasteiger partial charge is 0.165 e. The Kier molecular flexibility index (Phi) is 5.59. The summed E-state index contributed by atoms with van der Waals surface area (Å²) >= 11 is 6.34. The first-order chi connectivity index (χ1) is 8.19. The Bertz CT molecular complexity index is 377. The molecule has 0 fully saturated rings. The molecule has 3 nitrogen and oxygen atoms in total. The van der Waals surface area contributed by atoms with E-state index < -0.39 is 0 Å². The summed E-state index contributed by atoms with van der Waals surface area (Å²) in [5.74, 6) is 1.37. The predicted molar refractivity (Wildman–Crippen MR) is 69.3 cm³/mol. The van der Waals surface area contributed by atoms with Gasteiger partial charge in [-0.2, -0.15) is 0 Å². The normalized spacial score (nSPS) is 10.4. The van der Waals surface area contributed by atoms with Crippen molar-refractivity contribution in [1.29, 1.82) is 0 Å². The molecule has 0 aliphatic carbocycles. The van der Waals surface area contributed by atoms with Gasteiger partial charge in [-0.1, -0.05) is 18.5 Å². The van der Waals surface area contributed by atoms with Crippen molar-refractivity contribution >= 4 is 11.6 Å². The third-order valence-corrected chi connectivity index (χ3v) is 3.21. The number of methoxy groups -OCH3 is 2. The fourth-order valence-corrected chi connectivity index (χ4v) is 2.21. The topological polar surface area (TPSA) is 38.7 Å². The molecular weight excluding hydrogens is 240 g/mol. The van der Waals surface area contributed by atoms with E-state index >= 15 is 0 Å². The van der Waals surface area contributed by atoms with E-state index in [-0.39, 0.29) is 6.61 Å². The van der Waals surface area contributed by atoms with Gasteiger partial charge in [0.1, 0.15) is 0 Å². The maximum atomic E-state index is 8.92. The van der Waals surface area contributed by atoms with Gasteiger partial charge >= 0.3 is 0 Å². The summed E-state index contributed by atoms with van der Waals surface area (Å²) in [6, 6.07) is 1.91. The Labute approximate surface area is 107 Å².